The standard InChI is InChI=1S/C12H19N3/c1-3-12-10(6-8(2)14-15-12)11(13)7-9-4-5-9/h6,9,11H,3-5,7,13H2,1-2H3. The van der Waals surface area contributed by atoms with Gasteiger partial charge in [-0.25, -0.2) is 0 Å². The van der Waals surface area contributed by atoms with E-state index in [9.17, 15) is 0 Å². The van der Waals surface area contributed by atoms with Crippen LogP contribution in [-0.2, 0) is 6.42 Å². The van der Waals surface area contributed by atoms with E-state index >= 15 is 0 Å². The second kappa shape index (κ2) is 4.27. The molecule has 1 aliphatic carbocycles. The van der Waals surface area contributed by atoms with E-state index in [4.69, 9.17) is 5.73 Å². The first-order chi connectivity index (χ1) is 7.20. The van der Waals surface area contributed by atoms with Gasteiger partial charge in [0.05, 0.1) is 11.4 Å². The summed E-state index contributed by atoms with van der Waals surface area (Å²) >= 11 is 0. The third-order valence-electron chi connectivity index (χ3n) is 3.04. The van der Waals surface area contributed by atoms with Gasteiger partial charge in [-0.2, -0.15) is 10.2 Å². The third kappa shape index (κ3) is 2.53. The van der Waals surface area contributed by atoms with Crippen LogP contribution >= 0.6 is 0 Å². The summed E-state index contributed by atoms with van der Waals surface area (Å²) < 4.78 is 0. The quantitative estimate of drug-likeness (QED) is 0.819. The molecule has 1 aromatic rings. The molecule has 0 bridgehead atoms. The summed E-state index contributed by atoms with van der Waals surface area (Å²) in [5.41, 5.74) is 9.45. The van der Waals surface area contributed by atoms with E-state index in [-0.39, 0.29) is 6.04 Å². The number of nitrogens with zero attached hydrogens (tertiary/aromatic N) is 2. The predicted octanol–water partition coefficient (Wildman–Crippen LogP) is 2.15. The van der Waals surface area contributed by atoms with Crippen molar-refractivity contribution < 1.29 is 0 Å². The number of hydrogen-bond acceptors (Lipinski definition) is 3. The molecule has 2 N–H and O–H groups in total. The smallest absolute Gasteiger partial charge is 0.0676 e. The number of aryl methyl sites for hydroxylation is 2. The molecule has 82 valence electrons. The SMILES string of the molecule is CCc1nnc(C)cc1C(N)CC1CC1. The van der Waals surface area contributed by atoms with E-state index in [1.807, 2.05) is 6.92 Å². The average molecular weight is 205 g/mol. The van der Waals surface area contributed by atoms with Crippen LogP contribution in [-0.4, -0.2) is 10.2 Å². The molecule has 1 aromatic heterocycles. The highest BCUT2D eigenvalue weighted by atomic mass is 15.1. The molecular weight excluding hydrogens is 186 g/mol. The van der Waals surface area contributed by atoms with E-state index in [1.54, 1.807) is 0 Å². The highest BCUT2D eigenvalue weighted by molar-refractivity contribution is 5.24. The van der Waals surface area contributed by atoms with Crippen LogP contribution in [0.1, 0.15) is 49.2 Å². The summed E-state index contributed by atoms with van der Waals surface area (Å²) in [7, 11) is 0. The van der Waals surface area contributed by atoms with Gasteiger partial charge >= 0.3 is 0 Å². The van der Waals surface area contributed by atoms with E-state index in [2.05, 4.69) is 23.2 Å². The Balaban J connectivity index is 2.18. The van der Waals surface area contributed by atoms with Crippen molar-refractivity contribution in [1.29, 1.82) is 0 Å². The van der Waals surface area contributed by atoms with Gasteiger partial charge in [-0.3, -0.25) is 0 Å². The number of rotatable bonds is 4. The molecule has 1 heterocycles. The molecule has 0 aromatic carbocycles. The van der Waals surface area contributed by atoms with Gasteiger partial charge in [0.25, 0.3) is 0 Å². The van der Waals surface area contributed by atoms with Crippen molar-refractivity contribution in [3.05, 3.63) is 23.0 Å². The summed E-state index contributed by atoms with van der Waals surface area (Å²) in [6.45, 7) is 4.08. The fourth-order valence-corrected chi connectivity index (χ4v) is 1.97. The molecule has 1 unspecified atom stereocenters. The van der Waals surface area contributed by atoms with Gasteiger partial charge in [0.2, 0.25) is 0 Å². The van der Waals surface area contributed by atoms with Crippen LogP contribution in [0.15, 0.2) is 6.07 Å². The fraction of sp³-hybridized carbons (Fsp3) is 0.667. The lowest BCUT2D eigenvalue weighted by Gasteiger charge is -2.14. The van der Waals surface area contributed by atoms with Gasteiger partial charge in [0.15, 0.2) is 0 Å². The third-order valence-corrected chi connectivity index (χ3v) is 3.04. The molecule has 2 rings (SSSR count). The summed E-state index contributed by atoms with van der Waals surface area (Å²) in [6, 6.07) is 2.25. The summed E-state index contributed by atoms with van der Waals surface area (Å²) in [5, 5.41) is 8.30. The normalized spacial score (nSPS) is 17.8. The summed E-state index contributed by atoms with van der Waals surface area (Å²) in [4.78, 5) is 0. The minimum Gasteiger partial charge on any atom is -0.324 e. The molecule has 0 aliphatic heterocycles. The van der Waals surface area contributed by atoms with Crippen molar-refractivity contribution in [2.24, 2.45) is 11.7 Å². The van der Waals surface area contributed by atoms with Crippen molar-refractivity contribution in [1.82, 2.24) is 10.2 Å². The Hall–Kier alpha value is -0.960. The first kappa shape index (κ1) is 10.6. The second-order valence-corrected chi connectivity index (χ2v) is 4.53. The van der Waals surface area contributed by atoms with Gasteiger partial charge in [0.1, 0.15) is 0 Å². The average Bonchev–Trinajstić information content (AvgIpc) is 3.01. The number of nitrogens with two attached hydrogens (primary N) is 1. The Bertz CT molecular complexity index is 345. The Morgan fingerprint density at radius 3 is 2.80 bits per heavy atom. The van der Waals surface area contributed by atoms with Crippen LogP contribution in [0.25, 0.3) is 0 Å². The molecule has 3 nitrogen and oxygen atoms in total. The maximum absolute atomic E-state index is 6.21. The molecule has 3 heteroatoms. The molecule has 0 saturated heterocycles. The fourth-order valence-electron chi connectivity index (χ4n) is 1.97. The van der Waals surface area contributed by atoms with Crippen molar-refractivity contribution in [3.63, 3.8) is 0 Å². The van der Waals surface area contributed by atoms with E-state index in [0.29, 0.717) is 0 Å². The maximum Gasteiger partial charge on any atom is 0.0676 e. The monoisotopic (exact) mass is 205 g/mol. The maximum atomic E-state index is 6.21. The zero-order chi connectivity index (χ0) is 10.8. The van der Waals surface area contributed by atoms with Crippen LogP contribution in [0.4, 0.5) is 0 Å². The zero-order valence-electron chi connectivity index (χ0n) is 9.53. The summed E-state index contributed by atoms with van der Waals surface area (Å²) in [5.74, 6) is 0.859. The Morgan fingerprint density at radius 2 is 2.20 bits per heavy atom. The first-order valence-corrected chi connectivity index (χ1v) is 5.79. The van der Waals surface area contributed by atoms with E-state index in [1.165, 1.54) is 18.4 Å². The van der Waals surface area contributed by atoms with Crippen LogP contribution < -0.4 is 5.73 Å². The Labute approximate surface area is 91.1 Å². The van der Waals surface area contributed by atoms with Gasteiger partial charge in [0, 0.05) is 6.04 Å². The lowest BCUT2D eigenvalue weighted by Crippen LogP contribution is -2.15. The van der Waals surface area contributed by atoms with Crippen molar-refractivity contribution in [2.75, 3.05) is 0 Å². The molecule has 1 aliphatic rings. The van der Waals surface area contributed by atoms with Crippen LogP contribution in [0, 0.1) is 12.8 Å². The number of aromatic nitrogens is 2. The van der Waals surface area contributed by atoms with Gasteiger partial charge in [-0.1, -0.05) is 19.8 Å². The molecule has 1 saturated carbocycles. The van der Waals surface area contributed by atoms with Crippen molar-refractivity contribution in [3.8, 4) is 0 Å². The van der Waals surface area contributed by atoms with Crippen molar-refractivity contribution >= 4 is 0 Å². The zero-order valence-corrected chi connectivity index (χ0v) is 9.53. The van der Waals surface area contributed by atoms with Gasteiger partial charge < -0.3 is 5.73 Å². The predicted molar refractivity (Wildman–Crippen MR) is 60.4 cm³/mol. The molecule has 1 atom stereocenters. The topological polar surface area (TPSA) is 51.8 Å². The molecule has 1 fully saturated rings. The highest BCUT2D eigenvalue weighted by Crippen LogP contribution is 2.37. The molecular formula is C12H19N3. The van der Waals surface area contributed by atoms with Crippen molar-refractivity contribution in [2.45, 2.75) is 45.6 Å². The minimum absolute atomic E-state index is 0.154. The van der Waals surface area contributed by atoms with Crippen LogP contribution in [0.2, 0.25) is 0 Å². The highest BCUT2D eigenvalue weighted by Gasteiger charge is 2.25. The molecule has 0 radical (unpaired) electrons. The molecule has 0 spiro atoms. The van der Waals surface area contributed by atoms with Crippen LogP contribution in [0.3, 0.4) is 0 Å². The second-order valence-electron chi connectivity index (χ2n) is 4.53. The van der Waals surface area contributed by atoms with Gasteiger partial charge in [-0.05, 0) is 37.3 Å². The molecule has 15 heavy (non-hydrogen) atoms. The Morgan fingerprint density at radius 1 is 1.47 bits per heavy atom. The number of hydrogen-bond donors (Lipinski definition) is 1. The lowest BCUT2D eigenvalue weighted by atomic mass is 9.99. The largest absolute Gasteiger partial charge is 0.324 e. The summed E-state index contributed by atoms with van der Waals surface area (Å²) in [6.07, 6.45) is 4.73. The lowest BCUT2D eigenvalue weighted by molar-refractivity contribution is 0.585. The van der Waals surface area contributed by atoms with E-state index < -0.39 is 0 Å². The van der Waals surface area contributed by atoms with Gasteiger partial charge in [-0.15, -0.1) is 0 Å². The Kier molecular flexibility index (Phi) is 3.00. The van der Waals surface area contributed by atoms with Crippen LogP contribution in [0.5, 0.6) is 0 Å². The van der Waals surface area contributed by atoms with E-state index in [0.717, 1.165) is 30.1 Å². The minimum atomic E-state index is 0.154. The first-order valence-electron chi connectivity index (χ1n) is 5.79. The molecule has 0 amide bonds.